The summed E-state index contributed by atoms with van der Waals surface area (Å²) >= 11 is 0. The van der Waals surface area contributed by atoms with Crippen molar-refractivity contribution in [2.45, 2.75) is 39.7 Å². The van der Waals surface area contributed by atoms with E-state index in [1.165, 1.54) is 24.1 Å². The second-order valence-corrected chi connectivity index (χ2v) is 8.64. The van der Waals surface area contributed by atoms with Gasteiger partial charge in [0.1, 0.15) is 11.5 Å². The number of likely N-dealkylation sites (N-methyl/N-ethyl adjacent to an activating group) is 1. The predicted molar refractivity (Wildman–Crippen MR) is 137 cm³/mol. The van der Waals surface area contributed by atoms with Crippen molar-refractivity contribution in [3.05, 3.63) is 65.0 Å². The lowest BCUT2D eigenvalue weighted by Gasteiger charge is -2.28. The summed E-state index contributed by atoms with van der Waals surface area (Å²) in [5.41, 5.74) is 0.690. The van der Waals surface area contributed by atoms with Gasteiger partial charge in [-0.25, -0.2) is 4.39 Å². The monoisotopic (exact) mass is 498 g/mol. The summed E-state index contributed by atoms with van der Waals surface area (Å²) in [5.74, 6) is -1.88. The van der Waals surface area contributed by atoms with Crippen LogP contribution >= 0.6 is 0 Å². The van der Waals surface area contributed by atoms with E-state index < -0.39 is 29.3 Å². The molecular formula is C28H35FN2O5. The van der Waals surface area contributed by atoms with E-state index in [9.17, 15) is 19.1 Å². The van der Waals surface area contributed by atoms with Crippen LogP contribution in [0, 0.1) is 5.82 Å². The number of ether oxygens (including phenoxy) is 2. The molecule has 1 N–H and O–H groups in total. The van der Waals surface area contributed by atoms with Gasteiger partial charge in [0.2, 0.25) is 0 Å². The van der Waals surface area contributed by atoms with Crippen molar-refractivity contribution in [3.63, 3.8) is 0 Å². The first-order chi connectivity index (χ1) is 17.4. The molecule has 1 saturated heterocycles. The average Bonchev–Trinajstić information content (AvgIpc) is 3.14. The Labute approximate surface area is 212 Å². The fourth-order valence-corrected chi connectivity index (χ4v) is 4.30. The molecule has 1 atom stereocenters. The molecule has 0 radical (unpaired) electrons. The van der Waals surface area contributed by atoms with Crippen molar-refractivity contribution in [1.82, 2.24) is 9.80 Å². The second-order valence-electron chi connectivity index (χ2n) is 8.64. The van der Waals surface area contributed by atoms with Crippen LogP contribution in [0.15, 0.2) is 48.0 Å². The lowest BCUT2D eigenvalue weighted by Crippen LogP contribution is -2.38. The Kier molecular flexibility index (Phi) is 9.47. The third-order valence-electron chi connectivity index (χ3n) is 6.48. The van der Waals surface area contributed by atoms with Crippen molar-refractivity contribution >= 4 is 17.4 Å². The van der Waals surface area contributed by atoms with Crippen molar-refractivity contribution < 1.29 is 28.6 Å². The van der Waals surface area contributed by atoms with Gasteiger partial charge in [0.15, 0.2) is 11.6 Å². The number of carbonyl (C=O) groups excluding carboxylic acids is 2. The third-order valence-corrected chi connectivity index (χ3v) is 6.48. The molecule has 0 aliphatic carbocycles. The summed E-state index contributed by atoms with van der Waals surface area (Å²) in [6.45, 7) is 9.24. The molecule has 3 rings (SSSR count). The number of hydrogen-bond acceptors (Lipinski definition) is 6. The number of methoxy groups -OCH3 is 1. The Morgan fingerprint density at radius 1 is 1.08 bits per heavy atom. The van der Waals surface area contributed by atoms with E-state index >= 15 is 0 Å². The smallest absolute Gasteiger partial charge is 0.295 e. The van der Waals surface area contributed by atoms with Gasteiger partial charge in [-0.05, 0) is 55.4 Å². The number of Topliss-reactive ketones (excluding diaryl/α,β-unsaturated/α-hetero) is 1. The quantitative estimate of drug-likeness (QED) is 0.196. The van der Waals surface area contributed by atoms with E-state index in [1.54, 1.807) is 24.3 Å². The summed E-state index contributed by atoms with van der Waals surface area (Å²) in [5, 5.41) is 11.2. The first kappa shape index (κ1) is 27.2. The first-order valence-electron chi connectivity index (χ1n) is 12.4. The van der Waals surface area contributed by atoms with Gasteiger partial charge in [0.05, 0.1) is 25.3 Å². The lowest BCUT2D eigenvalue weighted by molar-refractivity contribution is -0.140. The van der Waals surface area contributed by atoms with Gasteiger partial charge in [-0.15, -0.1) is 0 Å². The Hall–Kier alpha value is -3.39. The zero-order chi connectivity index (χ0) is 26.2. The molecule has 36 heavy (non-hydrogen) atoms. The molecule has 1 fully saturated rings. The molecule has 1 unspecified atom stereocenters. The number of halogens is 1. The molecule has 0 saturated carbocycles. The van der Waals surface area contributed by atoms with Crippen LogP contribution in [0.4, 0.5) is 4.39 Å². The minimum atomic E-state index is -0.810. The van der Waals surface area contributed by atoms with Gasteiger partial charge in [-0.1, -0.05) is 39.3 Å². The summed E-state index contributed by atoms with van der Waals surface area (Å²) < 4.78 is 25.1. The third kappa shape index (κ3) is 5.87. The number of benzene rings is 2. The van der Waals surface area contributed by atoms with E-state index in [0.29, 0.717) is 31.0 Å². The molecule has 8 heteroatoms. The van der Waals surface area contributed by atoms with Gasteiger partial charge in [0.25, 0.3) is 11.7 Å². The maximum absolute atomic E-state index is 14.4. The van der Waals surface area contributed by atoms with Crippen molar-refractivity contribution in [1.29, 1.82) is 0 Å². The Morgan fingerprint density at radius 2 is 1.78 bits per heavy atom. The molecule has 0 spiro atoms. The second kappa shape index (κ2) is 12.5. The van der Waals surface area contributed by atoms with Gasteiger partial charge in [-0.2, -0.15) is 0 Å². The van der Waals surface area contributed by atoms with E-state index in [2.05, 4.69) is 11.8 Å². The SMILES string of the molecule is CCCCOc1ccc(C2C(=C(O)c3ccc(OC)c(F)c3)C(=O)C(=O)N2CCN(CC)CC)cc1. The molecule has 0 bridgehead atoms. The zero-order valence-corrected chi connectivity index (χ0v) is 21.4. The highest BCUT2D eigenvalue weighted by atomic mass is 19.1. The van der Waals surface area contributed by atoms with Crippen molar-refractivity contribution in [2.24, 2.45) is 0 Å². The number of aliphatic hydroxyl groups is 1. The standard InChI is InChI=1S/C28H35FN2O5/c1-5-8-17-36-21-12-9-19(10-13-21)25-24(26(32)20-11-14-23(35-4)22(29)18-20)27(33)28(34)31(25)16-15-30(6-2)7-3/h9-14,18,25,32H,5-8,15-17H2,1-4H3. The highest BCUT2D eigenvalue weighted by Crippen LogP contribution is 2.40. The summed E-state index contributed by atoms with van der Waals surface area (Å²) in [6.07, 6.45) is 1.96. The van der Waals surface area contributed by atoms with Gasteiger partial charge >= 0.3 is 0 Å². The molecule has 2 aromatic carbocycles. The Bertz CT molecular complexity index is 1100. The van der Waals surface area contributed by atoms with Crippen molar-refractivity contribution in [3.8, 4) is 11.5 Å². The first-order valence-corrected chi connectivity index (χ1v) is 12.4. The number of likely N-dealkylation sites (tertiary alicyclic amines) is 1. The zero-order valence-electron chi connectivity index (χ0n) is 21.4. The molecule has 1 amide bonds. The maximum Gasteiger partial charge on any atom is 0.295 e. The average molecular weight is 499 g/mol. The Balaban J connectivity index is 2.04. The largest absolute Gasteiger partial charge is 0.507 e. The van der Waals surface area contributed by atoms with E-state index in [0.717, 1.165) is 32.0 Å². The van der Waals surface area contributed by atoms with Crippen molar-refractivity contribution in [2.75, 3.05) is 39.9 Å². The number of carbonyl (C=O) groups is 2. The number of ketones is 1. The number of rotatable bonds is 12. The van der Waals surface area contributed by atoms with Crippen LogP contribution in [-0.2, 0) is 9.59 Å². The van der Waals surface area contributed by atoms with E-state index in [4.69, 9.17) is 9.47 Å². The van der Waals surface area contributed by atoms with Gasteiger partial charge in [0, 0.05) is 18.7 Å². The lowest BCUT2D eigenvalue weighted by atomic mass is 9.95. The summed E-state index contributed by atoms with van der Waals surface area (Å²) in [7, 11) is 1.34. The molecular weight excluding hydrogens is 463 g/mol. The number of nitrogens with zero attached hydrogens (tertiary/aromatic N) is 2. The number of amides is 1. The van der Waals surface area contributed by atoms with Gasteiger partial charge in [-0.3, -0.25) is 9.59 Å². The van der Waals surface area contributed by atoms with E-state index in [1.807, 2.05) is 13.8 Å². The van der Waals surface area contributed by atoms with Crippen LogP contribution in [0.3, 0.4) is 0 Å². The van der Waals surface area contributed by atoms with Gasteiger partial charge < -0.3 is 24.4 Å². The predicted octanol–water partition coefficient (Wildman–Crippen LogP) is 4.78. The number of hydrogen-bond donors (Lipinski definition) is 1. The van der Waals surface area contributed by atoms with Crippen LogP contribution in [-0.4, -0.2) is 66.5 Å². The van der Waals surface area contributed by atoms with E-state index in [-0.39, 0.29) is 16.9 Å². The molecule has 7 nitrogen and oxygen atoms in total. The summed E-state index contributed by atoms with van der Waals surface area (Å²) in [4.78, 5) is 29.9. The molecule has 1 heterocycles. The van der Waals surface area contributed by atoms with Crippen LogP contribution in [0.2, 0.25) is 0 Å². The summed E-state index contributed by atoms with van der Waals surface area (Å²) in [6, 6.07) is 10.3. The molecule has 0 aromatic heterocycles. The van der Waals surface area contributed by atoms with Crippen LogP contribution in [0.1, 0.15) is 50.8 Å². The Morgan fingerprint density at radius 3 is 2.36 bits per heavy atom. The normalized spacial score (nSPS) is 17.2. The molecule has 2 aromatic rings. The fourth-order valence-electron chi connectivity index (χ4n) is 4.30. The van der Waals surface area contributed by atoms with Crippen LogP contribution in [0.25, 0.3) is 5.76 Å². The highest BCUT2D eigenvalue weighted by Gasteiger charge is 2.46. The molecule has 1 aliphatic rings. The number of unbranched alkanes of at least 4 members (excludes halogenated alkanes) is 1. The molecule has 1 aliphatic heterocycles. The van der Waals surface area contributed by atoms with Crippen LogP contribution < -0.4 is 9.47 Å². The fraction of sp³-hybridized carbons (Fsp3) is 0.429. The minimum Gasteiger partial charge on any atom is -0.507 e. The maximum atomic E-state index is 14.4. The highest BCUT2D eigenvalue weighted by molar-refractivity contribution is 6.46. The number of aliphatic hydroxyl groups excluding tert-OH is 1. The van der Waals surface area contributed by atoms with Crippen LogP contribution in [0.5, 0.6) is 11.5 Å². The minimum absolute atomic E-state index is 0.0152. The molecule has 194 valence electrons. The topological polar surface area (TPSA) is 79.3 Å².